The van der Waals surface area contributed by atoms with Gasteiger partial charge in [0.05, 0.1) is 24.3 Å². The van der Waals surface area contributed by atoms with Crippen LogP contribution in [0.4, 0.5) is 0 Å². The second-order valence-electron chi connectivity index (χ2n) is 8.22. The Kier molecular flexibility index (Phi) is 10.1. The molecule has 7 nitrogen and oxygen atoms in total. The van der Waals surface area contributed by atoms with Gasteiger partial charge in [-0.1, -0.05) is 24.3 Å². The van der Waals surface area contributed by atoms with Gasteiger partial charge in [-0.2, -0.15) is 0 Å². The molecule has 0 N–H and O–H groups in total. The minimum Gasteiger partial charge on any atom is -0.494 e. The monoisotopic (exact) mass is 490 g/mol. The third kappa shape index (κ3) is 8.58. The Hall–Kier alpha value is -4.13. The number of allylic oxidation sites excluding steroid dienone is 4. The van der Waals surface area contributed by atoms with Gasteiger partial charge in [0.1, 0.15) is 17.3 Å². The van der Waals surface area contributed by atoms with E-state index in [2.05, 4.69) is 6.58 Å². The van der Waals surface area contributed by atoms with E-state index >= 15 is 0 Å². The third-order valence-corrected chi connectivity index (χ3v) is 5.37. The van der Waals surface area contributed by atoms with E-state index in [1.54, 1.807) is 48.6 Å². The summed E-state index contributed by atoms with van der Waals surface area (Å²) in [7, 11) is 0. The van der Waals surface area contributed by atoms with E-state index in [1.807, 2.05) is 19.1 Å². The number of hydrogen-bond acceptors (Lipinski definition) is 7. The lowest BCUT2D eigenvalue weighted by molar-refractivity contribution is -0.137. The van der Waals surface area contributed by atoms with Gasteiger partial charge in [-0.15, -0.1) is 0 Å². The van der Waals surface area contributed by atoms with Crippen LogP contribution in [0, 0.1) is 6.92 Å². The SMILES string of the molecule is C=CC(=O)OCCCCCOc1ccc(C(=O)OC2=CC=C(OC(=O)c3ccc(C)cc3)CC2)cc1. The molecule has 2 aromatic rings. The highest BCUT2D eigenvalue weighted by atomic mass is 16.5. The zero-order valence-corrected chi connectivity index (χ0v) is 20.4. The van der Waals surface area contributed by atoms with Gasteiger partial charge in [-0.3, -0.25) is 0 Å². The fraction of sp³-hybridized carbons (Fsp3) is 0.276. The lowest BCUT2D eigenvalue weighted by atomic mass is 10.1. The number of hydrogen-bond donors (Lipinski definition) is 0. The summed E-state index contributed by atoms with van der Waals surface area (Å²) in [4.78, 5) is 35.7. The number of ether oxygens (including phenoxy) is 4. The van der Waals surface area contributed by atoms with E-state index in [4.69, 9.17) is 18.9 Å². The molecule has 0 saturated carbocycles. The number of carbonyl (C=O) groups excluding carboxylic acids is 3. The van der Waals surface area contributed by atoms with Crippen LogP contribution in [0.1, 0.15) is 58.4 Å². The largest absolute Gasteiger partial charge is 0.494 e. The molecule has 0 radical (unpaired) electrons. The standard InChI is InChI=1S/C29H30O7/c1-3-27(30)34-20-6-4-5-19-33-24-13-11-23(12-14-24)29(32)36-26-17-15-25(16-18-26)35-28(31)22-9-7-21(2)8-10-22/h3,7-15,17H,1,4-6,16,18-20H2,2H3. The quantitative estimate of drug-likeness (QED) is 0.160. The molecule has 0 fully saturated rings. The molecule has 3 rings (SSSR count). The summed E-state index contributed by atoms with van der Waals surface area (Å²) in [5, 5.41) is 0. The third-order valence-electron chi connectivity index (χ3n) is 5.37. The van der Waals surface area contributed by atoms with Crippen LogP contribution in [0.2, 0.25) is 0 Å². The number of rotatable bonds is 12. The van der Waals surface area contributed by atoms with E-state index in [0.717, 1.165) is 30.9 Å². The molecule has 0 bridgehead atoms. The highest BCUT2D eigenvalue weighted by molar-refractivity contribution is 5.91. The van der Waals surface area contributed by atoms with Crippen molar-refractivity contribution in [2.24, 2.45) is 0 Å². The van der Waals surface area contributed by atoms with E-state index in [1.165, 1.54) is 0 Å². The topological polar surface area (TPSA) is 88.1 Å². The second kappa shape index (κ2) is 13.7. The first-order chi connectivity index (χ1) is 17.4. The van der Waals surface area contributed by atoms with Crippen LogP contribution in [0.25, 0.3) is 0 Å². The molecule has 1 aliphatic rings. The average Bonchev–Trinajstić information content (AvgIpc) is 2.89. The summed E-state index contributed by atoms with van der Waals surface area (Å²) in [5.41, 5.74) is 1.96. The lowest BCUT2D eigenvalue weighted by Gasteiger charge is -2.15. The van der Waals surface area contributed by atoms with E-state index < -0.39 is 17.9 Å². The van der Waals surface area contributed by atoms with Crippen molar-refractivity contribution in [3.63, 3.8) is 0 Å². The molecule has 0 heterocycles. The Morgan fingerprint density at radius 2 is 1.31 bits per heavy atom. The molecule has 0 spiro atoms. The van der Waals surface area contributed by atoms with Crippen molar-refractivity contribution in [1.82, 2.24) is 0 Å². The van der Waals surface area contributed by atoms with Crippen LogP contribution in [0.15, 0.2) is 84.9 Å². The molecule has 0 aromatic heterocycles. The number of aryl methyl sites for hydroxylation is 1. The molecule has 0 saturated heterocycles. The summed E-state index contributed by atoms with van der Waals surface area (Å²) < 4.78 is 21.5. The maximum absolute atomic E-state index is 12.5. The van der Waals surface area contributed by atoms with E-state index in [0.29, 0.717) is 54.5 Å². The van der Waals surface area contributed by atoms with Crippen molar-refractivity contribution in [1.29, 1.82) is 0 Å². The molecule has 2 aromatic carbocycles. The van der Waals surface area contributed by atoms with Crippen molar-refractivity contribution in [3.05, 3.63) is 102 Å². The summed E-state index contributed by atoms with van der Waals surface area (Å²) in [6, 6.07) is 13.9. The number of benzene rings is 2. The minimum absolute atomic E-state index is 0.369. The fourth-order valence-corrected chi connectivity index (χ4v) is 3.30. The molecule has 0 aliphatic heterocycles. The summed E-state index contributed by atoms with van der Waals surface area (Å²) in [6.45, 7) is 6.19. The van der Waals surface area contributed by atoms with Gasteiger partial charge in [0, 0.05) is 18.9 Å². The van der Waals surface area contributed by atoms with Gasteiger partial charge in [-0.25, -0.2) is 14.4 Å². The Morgan fingerprint density at radius 3 is 1.83 bits per heavy atom. The van der Waals surface area contributed by atoms with Gasteiger partial charge >= 0.3 is 17.9 Å². The van der Waals surface area contributed by atoms with Crippen LogP contribution in [0.5, 0.6) is 5.75 Å². The lowest BCUT2D eigenvalue weighted by Crippen LogP contribution is -2.10. The summed E-state index contributed by atoms with van der Waals surface area (Å²) in [6.07, 6.45) is 7.80. The molecule has 188 valence electrons. The van der Waals surface area contributed by atoms with Gasteiger partial charge in [-0.05, 0) is 74.7 Å². The highest BCUT2D eigenvalue weighted by Crippen LogP contribution is 2.23. The van der Waals surface area contributed by atoms with Crippen LogP contribution < -0.4 is 4.74 Å². The summed E-state index contributed by atoms with van der Waals surface area (Å²) >= 11 is 0. The van der Waals surface area contributed by atoms with Crippen molar-refractivity contribution >= 4 is 17.9 Å². The number of unbranched alkanes of at least 4 members (excludes halogenated alkanes) is 2. The van der Waals surface area contributed by atoms with Gasteiger partial charge in [0.2, 0.25) is 0 Å². The Morgan fingerprint density at radius 1 is 0.778 bits per heavy atom. The first kappa shape index (κ1) is 26.5. The van der Waals surface area contributed by atoms with Crippen LogP contribution in [0.3, 0.4) is 0 Å². The normalized spacial score (nSPS) is 12.6. The average molecular weight is 491 g/mol. The maximum atomic E-state index is 12.5. The second-order valence-corrected chi connectivity index (χ2v) is 8.22. The Bertz CT molecular complexity index is 1130. The van der Waals surface area contributed by atoms with Crippen molar-refractivity contribution in [2.45, 2.75) is 39.0 Å². The van der Waals surface area contributed by atoms with Crippen LogP contribution in [-0.4, -0.2) is 31.1 Å². The molecule has 7 heteroatoms. The maximum Gasteiger partial charge on any atom is 0.343 e. The first-order valence-corrected chi connectivity index (χ1v) is 11.9. The zero-order chi connectivity index (χ0) is 25.8. The van der Waals surface area contributed by atoms with Gasteiger partial charge in [0.25, 0.3) is 0 Å². The zero-order valence-electron chi connectivity index (χ0n) is 20.4. The molecule has 0 atom stereocenters. The predicted octanol–water partition coefficient (Wildman–Crippen LogP) is 5.85. The molecule has 36 heavy (non-hydrogen) atoms. The number of esters is 3. The van der Waals surface area contributed by atoms with Crippen LogP contribution in [-0.2, 0) is 19.0 Å². The van der Waals surface area contributed by atoms with Crippen molar-refractivity contribution < 1.29 is 33.3 Å². The highest BCUT2D eigenvalue weighted by Gasteiger charge is 2.17. The molecule has 1 aliphatic carbocycles. The predicted molar refractivity (Wildman–Crippen MR) is 134 cm³/mol. The molecular weight excluding hydrogens is 460 g/mol. The fourth-order valence-electron chi connectivity index (χ4n) is 3.30. The molecule has 0 unspecified atom stereocenters. The Labute approximate surface area is 211 Å². The van der Waals surface area contributed by atoms with Gasteiger partial charge < -0.3 is 18.9 Å². The summed E-state index contributed by atoms with van der Waals surface area (Å²) in [5.74, 6) is 0.408. The Balaban J connectivity index is 1.39. The van der Waals surface area contributed by atoms with E-state index in [-0.39, 0.29) is 0 Å². The van der Waals surface area contributed by atoms with Crippen LogP contribution >= 0.6 is 0 Å². The smallest absolute Gasteiger partial charge is 0.343 e. The van der Waals surface area contributed by atoms with E-state index in [9.17, 15) is 14.4 Å². The van der Waals surface area contributed by atoms with Crippen molar-refractivity contribution in [2.75, 3.05) is 13.2 Å². The first-order valence-electron chi connectivity index (χ1n) is 11.9. The minimum atomic E-state index is -0.463. The molecular formula is C29H30O7. The molecule has 0 amide bonds. The number of carbonyl (C=O) groups is 3. The van der Waals surface area contributed by atoms with Gasteiger partial charge in [0.15, 0.2) is 0 Å². The van der Waals surface area contributed by atoms with Crippen molar-refractivity contribution in [3.8, 4) is 5.75 Å².